The SMILES string of the molecule is CC(=O)Nc1ccc(-c2cn3c(C(=O)N4CCCCC4)csc3n2)cc1. The maximum absolute atomic E-state index is 12.8. The number of imidazole rings is 1. The van der Waals surface area contributed by atoms with Gasteiger partial charge >= 0.3 is 0 Å². The molecule has 134 valence electrons. The molecule has 3 heterocycles. The number of nitrogens with zero attached hydrogens (tertiary/aromatic N) is 3. The number of piperidine rings is 1. The summed E-state index contributed by atoms with van der Waals surface area (Å²) in [6, 6.07) is 7.54. The van der Waals surface area contributed by atoms with Crippen molar-refractivity contribution in [3.8, 4) is 11.3 Å². The third kappa shape index (κ3) is 3.22. The minimum atomic E-state index is -0.0962. The summed E-state index contributed by atoms with van der Waals surface area (Å²) in [7, 11) is 0. The molecule has 3 aromatic rings. The smallest absolute Gasteiger partial charge is 0.271 e. The van der Waals surface area contributed by atoms with Gasteiger partial charge in [0.15, 0.2) is 4.96 Å². The highest BCUT2D eigenvalue weighted by Crippen LogP contribution is 2.26. The average Bonchev–Trinajstić information content (AvgIpc) is 3.23. The fourth-order valence-corrected chi connectivity index (χ4v) is 4.11. The summed E-state index contributed by atoms with van der Waals surface area (Å²) in [6.07, 6.45) is 5.27. The van der Waals surface area contributed by atoms with E-state index in [1.807, 2.05) is 45.1 Å². The van der Waals surface area contributed by atoms with E-state index < -0.39 is 0 Å². The number of benzene rings is 1. The van der Waals surface area contributed by atoms with E-state index >= 15 is 0 Å². The molecule has 0 atom stereocenters. The number of likely N-dealkylation sites (tertiary alicyclic amines) is 1. The molecule has 0 spiro atoms. The van der Waals surface area contributed by atoms with Gasteiger partial charge in [0, 0.05) is 42.8 Å². The zero-order chi connectivity index (χ0) is 18.1. The maximum Gasteiger partial charge on any atom is 0.271 e. The molecule has 1 aliphatic rings. The number of carbonyl (C=O) groups excluding carboxylic acids is 2. The molecular weight excluding hydrogens is 348 g/mol. The third-order valence-electron chi connectivity index (χ3n) is 4.57. The molecule has 1 aromatic carbocycles. The van der Waals surface area contributed by atoms with Gasteiger partial charge in [0.2, 0.25) is 5.91 Å². The lowest BCUT2D eigenvalue weighted by Crippen LogP contribution is -2.36. The van der Waals surface area contributed by atoms with E-state index in [4.69, 9.17) is 0 Å². The second kappa shape index (κ2) is 6.92. The van der Waals surface area contributed by atoms with E-state index in [9.17, 15) is 9.59 Å². The van der Waals surface area contributed by atoms with Crippen LogP contribution in [-0.4, -0.2) is 39.2 Å². The van der Waals surface area contributed by atoms with Gasteiger partial charge in [-0.3, -0.25) is 14.0 Å². The molecule has 1 fully saturated rings. The van der Waals surface area contributed by atoms with Crippen molar-refractivity contribution in [3.63, 3.8) is 0 Å². The zero-order valence-electron chi connectivity index (χ0n) is 14.6. The van der Waals surface area contributed by atoms with E-state index in [0.717, 1.165) is 47.8 Å². The number of fused-ring (bicyclic) bond motifs is 1. The van der Waals surface area contributed by atoms with Crippen LogP contribution in [0.15, 0.2) is 35.8 Å². The van der Waals surface area contributed by atoms with Crippen LogP contribution in [-0.2, 0) is 4.79 Å². The Morgan fingerprint density at radius 1 is 1.12 bits per heavy atom. The second-order valence-corrected chi connectivity index (χ2v) is 7.35. The van der Waals surface area contributed by atoms with Gasteiger partial charge in [-0.05, 0) is 31.4 Å². The summed E-state index contributed by atoms with van der Waals surface area (Å²) in [4.78, 5) is 31.3. The van der Waals surface area contributed by atoms with Crippen molar-refractivity contribution in [2.24, 2.45) is 0 Å². The quantitative estimate of drug-likeness (QED) is 0.767. The average molecular weight is 368 g/mol. The monoisotopic (exact) mass is 368 g/mol. The van der Waals surface area contributed by atoms with Crippen LogP contribution in [0.2, 0.25) is 0 Å². The van der Waals surface area contributed by atoms with E-state index in [2.05, 4.69) is 10.3 Å². The Bertz CT molecular complexity index is 952. The molecule has 2 aromatic heterocycles. The molecule has 26 heavy (non-hydrogen) atoms. The predicted octanol–water partition coefficient (Wildman–Crippen LogP) is 3.65. The van der Waals surface area contributed by atoms with Gasteiger partial charge in [-0.1, -0.05) is 12.1 Å². The minimum Gasteiger partial charge on any atom is -0.337 e. The number of rotatable bonds is 3. The lowest BCUT2D eigenvalue weighted by molar-refractivity contribution is -0.114. The van der Waals surface area contributed by atoms with Crippen LogP contribution >= 0.6 is 11.3 Å². The van der Waals surface area contributed by atoms with Gasteiger partial charge in [-0.2, -0.15) is 0 Å². The Balaban J connectivity index is 1.61. The first kappa shape index (κ1) is 16.8. The summed E-state index contributed by atoms with van der Waals surface area (Å²) in [5, 5.41) is 4.64. The van der Waals surface area contributed by atoms with Gasteiger partial charge in [-0.25, -0.2) is 4.98 Å². The number of hydrogen-bond acceptors (Lipinski definition) is 4. The van der Waals surface area contributed by atoms with Crippen molar-refractivity contribution in [1.29, 1.82) is 0 Å². The van der Waals surface area contributed by atoms with Crippen LogP contribution < -0.4 is 5.32 Å². The van der Waals surface area contributed by atoms with Crippen LogP contribution in [0, 0.1) is 0 Å². The number of amides is 2. The Morgan fingerprint density at radius 2 is 1.85 bits per heavy atom. The van der Waals surface area contributed by atoms with Crippen molar-refractivity contribution in [1.82, 2.24) is 14.3 Å². The molecule has 1 aliphatic heterocycles. The Kier molecular flexibility index (Phi) is 4.46. The van der Waals surface area contributed by atoms with Crippen molar-refractivity contribution in [3.05, 3.63) is 41.5 Å². The van der Waals surface area contributed by atoms with Crippen LogP contribution in [0.4, 0.5) is 5.69 Å². The van der Waals surface area contributed by atoms with E-state index in [-0.39, 0.29) is 11.8 Å². The molecule has 0 saturated carbocycles. The minimum absolute atomic E-state index is 0.0842. The van der Waals surface area contributed by atoms with Crippen LogP contribution in [0.3, 0.4) is 0 Å². The molecule has 0 unspecified atom stereocenters. The standard InChI is InChI=1S/C19H20N4O2S/c1-13(24)20-15-7-5-14(6-8-15)16-11-23-17(12-26-19(23)21-16)18(25)22-9-3-2-4-10-22/h5-8,11-12H,2-4,9-10H2,1H3,(H,20,24). The topological polar surface area (TPSA) is 66.7 Å². The van der Waals surface area contributed by atoms with Gasteiger partial charge in [0.1, 0.15) is 5.69 Å². The molecule has 1 N–H and O–H groups in total. The van der Waals surface area contributed by atoms with Crippen LogP contribution in [0.5, 0.6) is 0 Å². The highest BCUT2D eigenvalue weighted by Gasteiger charge is 2.22. The van der Waals surface area contributed by atoms with Crippen molar-refractivity contribution in [2.75, 3.05) is 18.4 Å². The largest absolute Gasteiger partial charge is 0.337 e. The van der Waals surface area contributed by atoms with Crippen LogP contribution in [0.25, 0.3) is 16.2 Å². The molecule has 0 radical (unpaired) electrons. The fraction of sp³-hybridized carbons (Fsp3) is 0.316. The lowest BCUT2D eigenvalue weighted by atomic mass is 10.1. The highest BCUT2D eigenvalue weighted by molar-refractivity contribution is 7.15. The Labute approximate surface area is 155 Å². The number of anilines is 1. The van der Waals surface area contributed by atoms with Crippen molar-refractivity contribution >= 4 is 33.8 Å². The number of nitrogens with one attached hydrogen (secondary N) is 1. The number of carbonyl (C=O) groups is 2. The predicted molar refractivity (Wildman–Crippen MR) is 103 cm³/mol. The zero-order valence-corrected chi connectivity index (χ0v) is 15.4. The number of aromatic nitrogens is 2. The Hall–Kier alpha value is -2.67. The summed E-state index contributed by atoms with van der Waals surface area (Å²) in [5.74, 6) is -0.0120. The van der Waals surface area contributed by atoms with Crippen LogP contribution in [0.1, 0.15) is 36.7 Å². The Morgan fingerprint density at radius 3 is 2.54 bits per heavy atom. The number of hydrogen-bond donors (Lipinski definition) is 1. The fourth-order valence-electron chi connectivity index (χ4n) is 3.26. The molecule has 7 heteroatoms. The second-order valence-electron chi connectivity index (χ2n) is 6.51. The summed E-state index contributed by atoms with van der Waals surface area (Å²) < 4.78 is 1.89. The molecule has 2 amide bonds. The molecule has 0 aliphatic carbocycles. The summed E-state index contributed by atoms with van der Waals surface area (Å²) in [5.41, 5.74) is 3.20. The normalized spacial score (nSPS) is 14.6. The third-order valence-corrected chi connectivity index (χ3v) is 5.41. The highest BCUT2D eigenvalue weighted by atomic mass is 32.1. The number of thiazole rings is 1. The molecular formula is C19H20N4O2S. The van der Waals surface area contributed by atoms with Gasteiger partial charge in [0.25, 0.3) is 5.91 Å². The molecule has 6 nitrogen and oxygen atoms in total. The van der Waals surface area contributed by atoms with E-state index in [1.165, 1.54) is 24.7 Å². The first-order valence-electron chi connectivity index (χ1n) is 8.76. The van der Waals surface area contributed by atoms with Gasteiger partial charge in [-0.15, -0.1) is 11.3 Å². The van der Waals surface area contributed by atoms with Crippen molar-refractivity contribution in [2.45, 2.75) is 26.2 Å². The molecule has 1 saturated heterocycles. The first-order valence-corrected chi connectivity index (χ1v) is 9.64. The van der Waals surface area contributed by atoms with Gasteiger partial charge < -0.3 is 10.2 Å². The lowest BCUT2D eigenvalue weighted by Gasteiger charge is -2.26. The van der Waals surface area contributed by atoms with E-state index in [1.54, 1.807) is 0 Å². The summed E-state index contributed by atoms with van der Waals surface area (Å²) >= 11 is 1.48. The van der Waals surface area contributed by atoms with Crippen molar-refractivity contribution < 1.29 is 9.59 Å². The molecule has 4 rings (SSSR count). The summed E-state index contributed by atoms with van der Waals surface area (Å²) in [6.45, 7) is 3.16. The van der Waals surface area contributed by atoms with Gasteiger partial charge in [0.05, 0.1) is 5.69 Å². The first-order chi connectivity index (χ1) is 12.6. The maximum atomic E-state index is 12.8. The van der Waals surface area contributed by atoms with E-state index in [0.29, 0.717) is 5.69 Å². The molecule has 0 bridgehead atoms.